The van der Waals surface area contributed by atoms with Crippen LogP contribution in [0.5, 0.6) is 0 Å². The lowest BCUT2D eigenvalue weighted by molar-refractivity contribution is 0.104. The Morgan fingerprint density at radius 2 is 2.42 bits per heavy atom. The topological polar surface area (TPSA) is 86.1 Å². The molecule has 1 aliphatic heterocycles. The lowest BCUT2D eigenvalue weighted by Gasteiger charge is -2.22. The Hall–Kier alpha value is -1.96. The molecule has 62 valence electrons. The average molecular weight is 164 g/mol. The van der Waals surface area contributed by atoms with Crippen LogP contribution < -0.4 is 5.73 Å². The molecular weight excluding hydrogens is 156 g/mol. The molecule has 5 nitrogen and oxygen atoms in total. The van der Waals surface area contributed by atoms with Gasteiger partial charge in [-0.2, -0.15) is 5.26 Å². The van der Waals surface area contributed by atoms with Crippen LogP contribution in [0.1, 0.15) is 0 Å². The Labute approximate surface area is 69.8 Å². The number of hydrogen-bond acceptors (Lipinski definition) is 3. The van der Waals surface area contributed by atoms with Crippen LogP contribution in [0.3, 0.4) is 0 Å². The molecule has 0 bridgehead atoms. The second-order valence-electron chi connectivity index (χ2n) is 2.10. The van der Waals surface area contributed by atoms with Crippen LogP contribution >= 0.6 is 0 Å². The number of guanidine groups is 1. The van der Waals surface area contributed by atoms with Crippen molar-refractivity contribution in [2.75, 3.05) is 0 Å². The summed E-state index contributed by atoms with van der Waals surface area (Å²) < 4.78 is 5.01. The molecule has 5 heteroatoms. The Balaban J connectivity index is 2.69. The van der Waals surface area contributed by atoms with Crippen LogP contribution in [0.2, 0.25) is 0 Å². The van der Waals surface area contributed by atoms with E-state index in [0.29, 0.717) is 0 Å². The monoisotopic (exact) mass is 164 g/mol. The van der Waals surface area contributed by atoms with Crippen LogP contribution in [-0.2, 0) is 4.74 Å². The third kappa shape index (κ3) is 1.55. The molecule has 0 saturated carbocycles. The molecule has 12 heavy (non-hydrogen) atoms. The summed E-state index contributed by atoms with van der Waals surface area (Å²) in [5, 5.41) is 15.6. The third-order valence-corrected chi connectivity index (χ3v) is 1.31. The molecule has 3 N–H and O–H groups in total. The van der Waals surface area contributed by atoms with Crippen molar-refractivity contribution in [2.24, 2.45) is 5.73 Å². The maximum atomic E-state index is 8.57. The van der Waals surface area contributed by atoms with Gasteiger partial charge in [0.2, 0.25) is 12.2 Å². The minimum absolute atomic E-state index is 0.331. The van der Waals surface area contributed by atoms with Crippen molar-refractivity contribution in [3.05, 3.63) is 24.5 Å². The first-order valence-electron chi connectivity index (χ1n) is 3.27. The van der Waals surface area contributed by atoms with Crippen molar-refractivity contribution < 1.29 is 4.74 Å². The Bertz CT molecular complexity index is 276. The average Bonchev–Trinajstić information content (AvgIpc) is 2.07. The minimum atomic E-state index is -0.586. The summed E-state index contributed by atoms with van der Waals surface area (Å²) in [5.74, 6) is -0.331. The molecule has 0 saturated heterocycles. The van der Waals surface area contributed by atoms with E-state index in [1.165, 1.54) is 6.26 Å². The van der Waals surface area contributed by atoms with E-state index in [9.17, 15) is 0 Å². The van der Waals surface area contributed by atoms with Crippen molar-refractivity contribution >= 4 is 5.96 Å². The van der Waals surface area contributed by atoms with Crippen molar-refractivity contribution in [1.82, 2.24) is 4.90 Å². The van der Waals surface area contributed by atoms with E-state index in [4.69, 9.17) is 21.1 Å². The van der Waals surface area contributed by atoms with Crippen molar-refractivity contribution in [1.29, 1.82) is 10.7 Å². The first-order valence-corrected chi connectivity index (χ1v) is 3.27. The van der Waals surface area contributed by atoms with Crippen LogP contribution in [0.15, 0.2) is 24.5 Å². The number of nitrogens with two attached hydrogens (primary N) is 1. The quantitative estimate of drug-likeness (QED) is 0.249. The first-order chi connectivity index (χ1) is 5.75. The third-order valence-electron chi connectivity index (χ3n) is 1.31. The predicted octanol–water partition coefficient (Wildman–Crippen LogP) is 0.0892. The smallest absolute Gasteiger partial charge is 0.206 e. The molecule has 0 spiro atoms. The molecule has 0 aromatic rings. The van der Waals surface area contributed by atoms with Gasteiger partial charge >= 0.3 is 0 Å². The van der Waals surface area contributed by atoms with E-state index in [-0.39, 0.29) is 5.96 Å². The zero-order valence-corrected chi connectivity index (χ0v) is 6.27. The number of nitrogens with zero attached hydrogens (tertiary/aromatic N) is 2. The molecule has 1 unspecified atom stereocenters. The van der Waals surface area contributed by atoms with Crippen molar-refractivity contribution in [2.45, 2.75) is 6.23 Å². The van der Waals surface area contributed by atoms with Gasteiger partial charge < -0.3 is 10.5 Å². The molecule has 0 fully saturated rings. The predicted molar refractivity (Wildman–Crippen MR) is 42.5 cm³/mol. The van der Waals surface area contributed by atoms with Gasteiger partial charge in [-0.25, -0.2) is 4.90 Å². The largest absolute Gasteiger partial charge is 0.473 e. The first kappa shape index (κ1) is 8.14. The van der Waals surface area contributed by atoms with E-state index < -0.39 is 6.23 Å². The van der Waals surface area contributed by atoms with E-state index in [1.807, 2.05) is 0 Å². The molecule has 1 heterocycles. The zero-order valence-electron chi connectivity index (χ0n) is 6.27. The summed E-state index contributed by atoms with van der Waals surface area (Å²) >= 11 is 0. The fraction of sp³-hybridized carbons (Fsp3) is 0.143. The molecular formula is C7H8N4O. The molecule has 0 aromatic heterocycles. The number of nitriles is 1. The van der Waals surface area contributed by atoms with E-state index in [1.54, 1.807) is 24.4 Å². The Kier molecular flexibility index (Phi) is 2.33. The van der Waals surface area contributed by atoms with Gasteiger partial charge in [-0.15, -0.1) is 0 Å². The number of allylic oxidation sites excluding steroid dienone is 2. The summed E-state index contributed by atoms with van der Waals surface area (Å²) in [4.78, 5) is 0.958. The number of rotatable bonds is 1. The molecule has 0 aliphatic carbocycles. The summed E-state index contributed by atoms with van der Waals surface area (Å²) in [6.45, 7) is 0. The second kappa shape index (κ2) is 3.44. The summed E-state index contributed by atoms with van der Waals surface area (Å²) in [6, 6.07) is 0. The summed E-state index contributed by atoms with van der Waals surface area (Å²) in [6.07, 6.45) is 7.64. The van der Waals surface area contributed by atoms with Gasteiger partial charge in [-0.3, -0.25) is 5.41 Å². The van der Waals surface area contributed by atoms with Gasteiger partial charge in [-0.05, 0) is 12.2 Å². The molecule has 0 amide bonds. The lowest BCUT2D eigenvalue weighted by atomic mass is 10.4. The SMILES string of the molecule is N#CN(C(=N)N)C1C=CC=CO1. The van der Waals surface area contributed by atoms with Crippen LogP contribution in [0, 0.1) is 16.9 Å². The fourth-order valence-corrected chi connectivity index (χ4v) is 0.771. The van der Waals surface area contributed by atoms with Crippen LogP contribution in [-0.4, -0.2) is 17.1 Å². The molecule has 0 radical (unpaired) electrons. The van der Waals surface area contributed by atoms with Gasteiger partial charge in [-0.1, -0.05) is 6.08 Å². The van der Waals surface area contributed by atoms with E-state index in [2.05, 4.69) is 0 Å². The van der Waals surface area contributed by atoms with E-state index in [0.717, 1.165) is 4.90 Å². The van der Waals surface area contributed by atoms with E-state index >= 15 is 0 Å². The van der Waals surface area contributed by atoms with Gasteiger partial charge in [0.25, 0.3) is 0 Å². The fourth-order valence-electron chi connectivity index (χ4n) is 0.771. The molecule has 1 rings (SSSR count). The van der Waals surface area contributed by atoms with Gasteiger partial charge in [0.05, 0.1) is 6.26 Å². The zero-order chi connectivity index (χ0) is 8.97. The van der Waals surface area contributed by atoms with Crippen molar-refractivity contribution in [3.8, 4) is 6.19 Å². The van der Waals surface area contributed by atoms with Gasteiger partial charge in [0.1, 0.15) is 0 Å². The van der Waals surface area contributed by atoms with Crippen LogP contribution in [0.4, 0.5) is 0 Å². The second-order valence-corrected chi connectivity index (χ2v) is 2.10. The van der Waals surface area contributed by atoms with Crippen molar-refractivity contribution in [3.63, 3.8) is 0 Å². The highest BCUT2D eigenvalue weighted by atomic mass is 16.5. The van der Waals surface area contributed by atoms with Crippen LogP contribution in [0.25, 0.3) is 0 Å². The highest BCUT2D eigenvalue weighted by Gasteiger charge is 2.17. The summed E-state index contributed by atoms with van der Waals surface area (Å²) in [5.41, 5.74) is 5.13. The van der Waals surface area contributed by atoms with Gasteiger partial charge in [0.15, 0.2) is 6.19 Å². The molecule has 0 aromatic carbocycles. The normalized spacial score (nSPS) is 19.4. The lowest BCUT2D eigenvalue weighted by Crippen LogP contribution is -2.40. The standard InChI is InChI=1S/C7H8N4O/c8-5-11(7(9)10)6-3-1-2-4-12-6/h1-4,6H,(H3,9,10). The highest BCUT2D eigenvalue weighted by molar-refractivity contribution is 5.76. The number of ether oxygens (including phenoxy) is 1. The Morgan fingerprint density at radius 3 is 2.83 bits per heavy atom. The highest BCUT2D eigenvalue weighted by Crippen LogP contribution is 2.06. The number of nitrogens with one attached hydrogen (secondary N) is 1. The maximum Gasteiger partial charge on any atom is 0.206 e. The Morgan fingerprint density at radius 1 is 1.67 bits per heavy atom. The molecule has 1 aliphatic rings. The maximum absolute atomic E-state index is 8.57. The minimum Gasteiger partial charge on any atom is -0.473 e. The number of hydrogen-bond donors (Lipinski definition) is 2. The van der Waals surface area contributed by atoms with Gasteiger partial charge in [0, 0.05) is 0 Å². The summed E-state index contributed by atoms with van der Waals surface area (Å²) in [7, 11) is 0. The molecule has 1 atom stereocenters.